The molecule has 7 nitrogen and oxygen atoms in total. The molecule has 8 heteroatoms. The number of aromatic nitrogens is 1. The Bertz CT molecular complexity index is 662. The van der Waals surface area contributed by atoms with E-state index in [4.69, 9.17) is 14.0 Å². The van der Waals surface area contributed by atoms with Gasteiger partial charge in [0.05, 0.1) is 13.2 Å². The van der Waals surface area contributed by atoms with Crippen molar-refractivity contribution in [2.24, 2.45) is 4.99 Å². The lowest BCUT2D eigenvalue weighted by Gasteiger charge is -2.15. The highest BCUT2D eigenvalue weighted by molar-refractivity contribution is 14.0. The number of ether oxygens (including phenoxy) is 2. The fourth-order valence-corrected chi connectivity index (χ4v) is 2.20. The van der Waals surface area contributed by atoms with E-state index in [1.54, 1.807) is 13.3 Å². The third-order valence-corrected chi connectivity index (χ3v) is 3.51. The quantitative estimate of drug-likeness (QED) is 0.252. The zero-order valence-electron chi connectivity index (χ0n) is 15.4. The van der Waals surface area contributed by atoms with Crippen LogP contribution in [-0.4, -0.2) is 38.0 Å². The smallest absolute Gasteiger partial charge is 0.191 e. The predicted octanol–water partition coefficient (Wildman–Crippen LogP) is 2.88. The van der Waals surface area contributed by atoms with Gasteiger partial charge in [0.25, 0.3) is 0 Å². The summed E-state index contributed by atoms with van der Waals surface area (Å²) in [5, 5.41) is 10.3. The normalized spacial score (nSPS) is 11.0. The topological polar surface area (TPSA) is 80.9 Å². The fourth-order valence-electron chi connectivity index (χ4n) is 2.20. The molecule has 0 spiro atoms. The van der Waals surface area contributed by atoms with Crippen molar-refractivity contribution in [1.29, 1.82) is 0 Å². The molecule has 26 heavy (non-hydrogen) atoms. The Morgan fingerprint density at radius 2 is 2.00 bits per heavy atom. The zero-order valence-corrected chi connectivity index (χ0v) is 17.8. The Morgan fingerprint density at radius 3 is 2.69 bits per heavy atom. The summed E-state index contributed by atoms with van der Waals surface area (Å²) in [7, 11) is 1.73. The highest BCUT2D eigenvalue weighted by Gasteiger charge is 2.06. The summed E-state index contributed by atoms with van der Waals surface area (Å²) in [5.74, 6) is 1.54. The average Bonchev–Trinajstić information content (AvgIpc) is 3.14. The van der Waals surface area contributed by atoms with Crippen molar-refractivity contribution < 1.29 is 14.0 Å². The standard InChI is InChI=1S/C18H26N4O3.HI/c1-4-23-9-10-24-17-11-14(2)5-6-15(17)12-20-18(19-3)21-13-16-7-8-25-22-16;/h5-8,11H,4,9-10,12-13H2,1-3H3,(H2,19,20,21);1H. The maximum Gasteiger partial charge on any atom is 0.191 e. The van der Waals surface area contributed by atoms with Gasteiger partial charge in [0.1, 0.15) is 24.3 Å². The van der Waals surface area contributed by atoms with E-state index in [0.29, 0.717) is 38.9 Å². The maximum atomic E-state index is 5.86. The van der Waals surface area contributed by atoms with Gasteiger partial charge < -0.3 is 24.6 Å². The first-order valence-corrected chi connectivity index (χ1v) is 8.36. The van der Waals surface area contributed by atoms with Crippen LogP contribution in [0.3, 0.4) is 0 Å². The number of nitrogens with zero attached hydrogens (tertiary/aromatic N) is 2. The predicted molar refractivity (Wildman–Crippen MR) is 112 cm³/mol. The van der Waals surface area contributed by atoms with E-state index in [0.717, 1.165) is 22.6 Å². The third kappa shape index (κ3) is 7.61. The second-order valence-electron chi connectivity index (χ2n) is 5.43. The van der Waals surface area contributed by atoms with E-state index < -0.39 is 0 Å². The van der Waals surface area contributed by atoms with Gasteiger partial charge in [-0.1, -0.05) is 17.3 Å². The summed E-state index contributed by atoms with van der Waals surface area (Å²) in [4.78, 5) is 4.21. The molecule has 144 valence electrons. The Kier molecular flexibility index (Phi) is 10.7. The van der Waals surface area contributed by atoms with Crippen LogP contribution in [0.25, 0.3) is 0 Å². The summed E-state index contributed by atoms with van der Waals surface area (Å²) in [6.45, 7) is 6.97. The van der Waals surface area contributed by atoms with Gasteiger partial charge in [0, 0.05) is 31.8 Å². The number of rotatable bonds is 9. The first-order valence-electron chi connectivity index (χ1n) is 8.36. The summed E-state index contributed by atoms with van der Waals surface area (Å²) in [6, 6.07) is 7.97. The van der Waals surface area contributed by atoms with E-state index in [2.05, 4.69) is 32.9 Å². The Balaban J connectivity index is 0.00000338. The van der Waals surface area contributed by atoms with Crippen LogP contribution in [0.4, 0.5) is 0 Å². The van der Waals surface area contributed by atoms with Crippen molar-refractivity contribution >= 4 is 29.9 Å². The second-order valence-corrected chi connectivity index (χ2v) is 5.43. The van der Waals surface area contributed by atoms with Crippen LogP contribution in [0.1, 0.15) is 23.7 Å². The summed E-state index contributed by atoms with van der Waals surface area (Å²) in [6.07, 6.45) is 1.55. The number of hydrogen-bond acceptors (Lipinski definition) is 5. The van der Waals surface area contributed by atoms with Gasteiger partial charge >= 0.3 is 0 Å². The lowest BCUT2D eigenvalue weighted by molar-refractivity contribution is 0.110. The molecule has 0 fully saturated rings. The summed E-state index contributed by atoms with van der Waals surface area (Å²) >= 11 is 0. The van der Waals surface area contributed by atoms with Crippen molar-refractivity contribution in [3.05, 3.63) is 47.3 Å². The first kappa shape index (κ1) is 22.2. The van der Waals surface area contributed by atoms with Crippen LogP contribution < -0.4 is 15.4 Å². The molecule has 0 radical (unpaired) electrons. The molecule has 1 heterocycles. The minimum Gasteiger partial charge on any atom is -0.491 e. The third-order valence-electron chi connectivity index (χ3n) is 3.51. The van der Waals surface area contributed by atoms with Gasteiger partial charge in [-0.3, -0.25) is 4.99 Å². The lowest BCUT2D eigenvalue weighted by Crippen LogP contribution is -2.36. The molecule has 0 amide bonds. The molecule has 0 saturated heterocycles. The molecule has 0 aliphatic rings. The second kappa shape index (κ2) is 12.5. The molecule has 0 atom stereocenters. The minimum atomic E-state index is 0. The Morgan fingerprint density at radius 1 is 1.19 bits per heavy atom. The highest BCUT2D eigenvalue weighted by Crippen LogP contribution is 2.20. The first-order chi connectivity index (χ1) is 12.2. The number of guanidine groups is 1. The molecule has 0 saturated carbocycles. The highest BCUT2D eigenvalue weighted by atomic mass is 127. The number of nitrogens with one attached hydrogen (secondary N) is 2. The fraction of sp³-hybridized carbons (Fsp3) is 0.444. The number of benzene rings is 1. The van der Waals surface area contributed by atoms with Gasteiger partial charge in [-0.15, -0.1) is 24.0 Å². The van der Waals surface area contributed by atoms with Crippen LogP contribution in [0.5, 0.6) is 5.75 Å². The zero-order chi connectivity index (χ0) is 17.9. The average molecular weight is 474 g/mol. The van der Waals surface area contributed by atoms with Gasteiger partial charge in [0.2, 0.25) is 0 Å². The van der Waals surface area contributed by atoms with Crippen LogP contribution >= 0.6 is 24.0 Å². The van der Waals surface area contributed by atoms with Crippen molar-refractivity contribution in [1.82, 2.24) is 15.8 Å². The summed E-state index contributed by atoms with van der Waals surface area (Å²) < 4.78 is 16.0. The lowest BCUT2D eigenvalue weighted by atomic mass is 10.1. The van der Waals surface area contributed by atoms with Gasteiger partial charge in [-0.05, 0) is 25.5 Å². The van der Waals surface area contributed by atoms with Gasteiger partial charge in [-0.2, -0.15) is 0 Å². The van der Waals surface area contributed by atoms with E-state index >= 15 is 0 Å². The van der Waals surface area contributed by atoms with E-state index in [1.165, 1.54) is 0 Å². The maximum absolute atomic E-state index is 5.86. The van der Waals surface area contributed by atoms with Crippen molar-refractivity contribution in [3.63, 3.8) is 0 Å². The largest absolute Gasteiger partial charge is 0.491 e. The van der Waals surface area contributed by atoms with Crippen LogP contribution in [-0.2, 0) is 17.8 Å². The number of aliphatic imine (C=N–C) groups is 1. The van der Waals surface area contributed by atoms with Crippen molar-refractivity contribution in [2.75, 3.05) is 26.9 Å². The number of hydrogen-bond donors (Lipinski definition) is 2. The monoisotopic (exact) mass is 474 g/mol. The van der Waals surface area contributed by atoms with Gasteiger partial charge in [0.15, 0.2) is 5.96 Å². The minimum absolute atomic E-state index is 0. The van der Waals surface area contributed by atoms with Crippen molar-refractivity contribution in [3.8, 4) is 5.75 Å². The molecule has 2 aromatic rings. The van der Waals surface area contributed by atoms with Crippen LogP contribution in [0.15, 0.2) is 40.0 Å². The number of halogens is 1. The van der Waals surface area contributed by atoms with E-state index in [9.17, 15) is 0 Å². The van der Waals surface area contributed by atoms with Crippen LogP contribution in [0.2, 0.25) is 0 Å². The van der Waals surface area contributed by atoms with Crippen LogP contribution in [0, 0.1) is 6.92 Å². The van der Waals surface area contributed by atoms with Gasteiger partial charge in [-0.25, -0.2) is 0 Å². The molecule has 2 N–H and O–H groups in total. The summed E-state index contributed by atoms with van der Waals surface area (Å²) in [5.41, 5.74) is 3.04. The number of aryl methyl sites for hydroxylation is 1. The molecule has 0 aliphatic carbocycles. The molecule has 0 aliphatic heterocycles. The molecule has 2 rings (SSSR count). The molecule has 0 bridgehead atoms. The molecule has 1 aromatic carbocycles. The Hall–Kier alpha value is -1.81. The molecular formula is C18H27IN4O3. The van der Waals surface area contributed by atoms with E-state index in [-0.39, 0.29) is 24.0 Å². The molecular weight excluding hydrogens is 447 g/mol. The molecule has 0 unspecified atom stereocenters. The van der Waals surface area contributed by atoms with E-state index in [1.807, 2.05) is 26.0 Å². The molecule has 1 aromatic heterocycles. The Labute approximate surface area is 171 Å². The SMILES string of the molecule is CCOCCOc1cc(C)ccc1CNC(=NC)NCc1ccon1.I. The van der Waals surface area contributed by atoms with Crippen molar-refractivity contribution in [2.45, 2.75) is 26.9 Å².